The van der Waals surface area contributed by atoms with Gasteiger partial charge < -0.3 is 9.88 Å². The highest BCUT2D eigenvalue weighted by atomic mass is 35.5. The summed E-state index contributed by atoms with van der Waals surface area (Å²) in [7, 11) is 0. The van der Waals surface area contributed by atoms with Crippen LogP contribution in [0.3, 0.4) is 0 Å². The molecule has 2 rings (SSSR count). The van der Waals surface area contributed by atoms with E-state index in [-0.39, 0.29) is 0 Å². The van der Waals surface area contributed by atoms with E-state index in [1.165, 1.54) is 5.69 Å². The zero-order chi connectivity index (χ0) is 11.4. The molecule has 0 bridgehead atoms. The van der Waals surface area contributed by atoms with E-state index in [0.717, 1.165) is 23.8 Å². The van der Waals surface area contributed by atoms with Crippen molar-refractivity contribution in [1.29, 1.82) is 0 Å². The lowest BCUT2D eigenvalue weighted by Gasteiger charge is -2.08. The number of nitrogens with one attached hydrogen (secondary N) is 1. The van der Waals surface area contributed by atoms with Crippen LogP contribution in [0, 0.1) is 0 Å². The summed E-state index contributed by atoms with van der Waals surface area (Å²) in [6.45, 7) is 3.80. The Morgan fingerprint density at radius 3 is 3.06 bits per heavy atom. The van der Waals surface area contributed by atoms with Gasteiger partial charge in [0.1, 0.15) is 0 Å². The van der Waals surface area contributed by atoms with E-state index in [0.29, 0.717) is 0 Å². The van der Waals surface area contributed by atoms with Gasteiger partial charge in [0.2, 0.25) is 0 Å². The number of aryl methyl sites for hydroxylation is 1. The van der Waals surface area contributed by atoms with Crippen molar-refractivity contribution < 1.29 is 0 Å². The molecule has 1 aromatic heterocycles. The number of halogens is 1. The quantitative estimate of drug-likeness (QED) is 0.882. The standard InChI is InChI=1S/C12H14ClN3/c1-2-16-9-14-7-12(16)8-15-11-5-3-4-10(13)6-11/h3-7,9,15H,2,8H2,1H3. The van der Waals surface area contributed by atoms with E-state index in [2.05, 4.69) is 21.8 Å². The smallest absolute Gasteiger partial charge is 0.0948 e. The molecule has 0 aliphatic carbocycles. The monoisotopic (exact) mass is 235 g/mol. The predicted octanol–water partition coefficient (Wildman–Crippen LogP) is 3.17. The number of aromatic nitrogens is 2. The van der Waals surface area contributed by atoms with Gasteiger partial charge in [0, 0.05) is 23.5 Å². The molecule has 3 nitrogen and oxygen atoms in total. The number of anilines is 1. The van der Waals surface area contributed by atoms with Gasteiger partial charge >= 0.3 is 0 Å². The van der Waals surface area contributed by atoms with Crippen molar-refractivity contribution in [2.45, 2.75) is 20.0 Å². The molecule has 84 valence electrons. The van der Waals surface area contributed by atoms with Gasteiger partial charge in [-0.2, -0.15) is 0 Å². The van der Waals surface area contributed by atoms with E-state index >= 15 is 0 Å². The number of imidazole rings is 1. The predicted molar refractivity (Wildman–Crippen MR) is 66.7 cm³/mol. The summed E-state index contributed by atoms with van der Waals surface area (Å²) in [5.74, 6) is 0. The molecule has 0 spiro atoms. The molecule has 1 N–H and O–H groups in total. The number of benzene rings is 1. The average molecular weight is 236 g/mol. The second kappa shape index (κ2) is 5.03. The third-order valence-corrected chi connectivity index (χ3v) is 2.67. The summed E-state index contributed by atoms with van der Waals surface area (Å²) >= 11 is 5.91. The highest BCUT2D eigenvalue weighted by Crippen LogP contribution is 2.15. The Balaban J connectivity index is 2.02. The van der Waals surface area contributed by atoms with Crippen LogP contribution >= 0.6 is 11.6 Å². The van der Waals surface area contributed by atoms with Crippen LogP contribution in [0.15, 0.2) is 36.8 Å². The molecule has 0 saturated heterocycles. The first-order chi connectivity index (χ1) is 7.79. The van der Waals surface area contributed by atoms with Gasteiger partial charge in [-0.1, -0.05) is 17.7 Å². The largest absolute Gasteiger partial charge is 0.379 e. The minimum atomic E-state index is 0.744. The Morgan fingerprint density at radius 2 is 2.31 bits per heavy atom. The van der Waals surface area contributed by atoms with Crippen LogP contribution in [0.1, 0.15) is 12.6 Å². The maximum atomic E-state index is 5.91. The van der Waals surface area contributed by atoms with Crippen molar-refractivity contribution in [3.63, 3.8) is 0 Å². The third kappa shape index (κ3) is 2.55. The topological polar surface area (TPSA) is 29.9 Å². The molecule has 0 aliphatic heterocycles. The lowest BCUT2D eigenvalue weighted by atomic mass is 10.3. The SMILES string of the molecule is CCn1cncc1CNc1cccc(Cl)c1. The van der Waals surface area contributed by atoms with Crippen LogP contribution in [-0.4, -0.2) is 9.55 Å². The van der Waals surface area contributed by atoms with Crippen molar-refractivity contribution in [3.05, 3.63) is 47.5 Å². The minimum Gasteiger partial charge on any atom is -0.379 e. The van der Waals surface area contributed by atoms with E-state index in [1.54, 1.807) is 0 Å². The van der Waals surface area contributed by atoms with Crippen LogP contribution in [0.4, 0.5) is 5.69 Å². The Hall–Kier alpha value is -1.48. The van der Waals surface area contributed by atoms with Crippen LogP contribution in [-0.2, 0) is 13.1 Å². The maximum Gasteiger partial charge on any atom is 0.0948 e. The highest BCUT2D eigenvalue weighted by Gasteiger charge is 2.00. The second-order valence-electron chi connectivity index (χ2n) is 3.53. The fraction of sp³-hybridized carbons (Fsp3) is 0.250. The van der Waals surface area contributed by atoms with Crippen molar-refractivity contribution in [1.82, 2.24) is 9.55 Å². The van der Waals surface area contributed by atoms with Gasteiger partial charge in [0.25, 0.3) is 0 Å². The average Bonchev–Trinajstić information content (AvgIpc) is 2.74. The second-order valence-corrected chi connectivity index (χ2v) is 3.97. The van der Waals surface area contributed by atoms with Crippen LogP contribution in [0.5, 0.6) is 0 Å². The van der Waals surface area contributed by atoms with Gasteiger partial charge in [0.05, 0.1) is 18.6 Å². The van der Waals surface area contributed by atoms with Gasteiger partial charge in [-0.15, -0.1) is 0 Å². The van der Waals surface area contributed by atoms with Gasteiger partial charge in [-0.25, -0.2) is 4.98 Å². The zero-order valence-electron chi connectivity index (χ0n) is 9.15. The maximum absolute atomic E-state index is 5.91. The number of hydrogen-bond donors (Lipinski definition) is 1. The first kappa shape index (κ1) is 11.0. The van der Waals surface area contributed by atoms with E-state index in [9.17, 15) is 0 Å². The number of nitrogens with zero attached hydrogens (tertiary/aromatic N) is 2. The number of hydrogen-bond acceptors (Lipinski definition) is 2. The molecule has 0 unspecified atom stereocenters. The Morgan fingerprint density at radius 1 is 1.44 bits per heavy atom. The lowest BCUT2D eigenvalue weighted by molar-refractivity contribution is 0.719. The number of rotatable bonds is 4. The molecule has 16 heavy (non-hydrogen) atoms. The zero-order valence-corrected chi connectivity index (χ0v) is 9.91. The summed E-state index contributed by atoms with van der Waals surface area (Å²) in [6, 6.07) is 7.71. The summed E-state index contributed by atoms with van der Waals surface area (Å²) in [5, 5.41) is 4.06. The van der Waals surface area contributed by atoms with Crippen LogP contribution in [0.2, 0.25) is 5.02 Å². The van der Waals surface area contributed by atoms with E-state index in [4.69, 9.17) is 11.6 Å². The van der Waals surface area contributed by atoms with Gasteiger partial charge in [-0.05, 0) is 25.1 Å². The summed E-state index contributed by atoms with van der Waals surface area (Å²) in [6.07, 6.45) is 3.72. The third-order valence-electron chi connectivity index (χ3n) is 2.44. The lowest BCUT2D eigenvalue weighted by Crippen LogP contribution is -2.05. The molecule has 1 aromatic carbocycles. The summed E-state index contributed by atoms with van der Waals surface area (Å²) in [4.78, 5) is 4.12. The first-order valence-corrected chi connectivity index (χ1v) is 5.66. The molecule has 1 heterocycles. The molecule has 0 saturated carbocycles. The molecular weight excluding hydrogens is 222 g/mol. The molecule has 0 radical (unpaired) electrons. The molecule has 2 aromatic rings. The van der Waals surface area contributed by atoms with Gasteiger partial charge in [0.15, 0.2) is 0 Å². The molecule has 0 atom stereocenters. The molecule has 0 fully saturated rings. The summed E-state index contributed by atoms with van der Waals surface area (Å²) < 4.78 is 2.11. The van der Waals surface area contributed by atoms with E-state index < -0.39 is 0 Å². The fourth-order valence-corrected chi connectivity index (χ4v) is 1.76. The van der Waals surface area contributed by atoms with Crippen molar-refractivity contribution >= 4 is 17.3 Å². The molecule has 4 heteroatoms. The van der Waals surface area contributed by atoms with Crippen molar-refractivity contribution in [2.24, 2.45) is 0 Å². The Labute approximate surface area is 100 Å². The molecule has 0 aliphatic rings. The van der Waals surface area contributed by atoms with E-state index in [1.807, 2.05) is 36.8 Å². The van der Waals surface area contributed by atoms with Crippen molar-refractivity contribution in [3.8, 4) is 0 Å². The Kier molecular flexibility index (Phi) is 3.47. The summed E-state index contributed by atoms with van der Waals surface area (Å²) in [5.41, 5.74) is 2.19. The van der Waals surface area contributed by atoms with Crippen LogP contribution < -0.4 is 5.32 Å². The highest BCUT2D eigenvalue weighted by molar-refractivity contribution is 6.30. The molecule has 0 amide bonds. The Bertz CT molecular complexity index is 465. The minimum absolute atomic E-state index is 0.744. The first-order valence-electron chi connectivity index (χ1n) is 5.28. The molecular formula is C12H14ClN3. The van der Waals surface area contributed by atoms with Crippen molar-refractivity contribution in [2.75, 3.05) is 5.32 Å². The fourth-order valence-electron chi connectivity index (χ4n) is 1.57. The van der Waals surface area contributed by atoms with Crippen LogP contribution in [0.25, 0.3) is 0 Å². The normalized spacial score (nSPS) is 10.4. The van der Waals surface area contributed by atoms with Gasteiger partial charge in [-0.3, -0.25) is 0 Å².